The standard InChI is InChI=1S/C19H21N3O6/c1-4-27-17-8-6-5-7-16(17)21-18(23)12(2)28-19(24)14-11-13(22(25)26)9-10-15(14)20-3/h5-12,20H,4H2,1-3H3,(H,21,23)/t12-/m0/s1. The molecular formula is C19H21N3O6. The fraction of sp³-hybridized carbons (Fsp3) is 0.263. The Bertz CT molecular complexity index is 884. The van der Waals surface area contributed by atoms with Crippen LogP contribution in [0.15, 0.2) is 42.5 Å². The van der Waals surface area contributed by atoms with E-state index in [-0.39, 0.29) is 11.3 Å². The van der Waals surface area contributed by atoms with Crippen molar-refractivity contribution in [1.82, 2.24) is 0 Å². The highest BCUT2D eigenvalue weighted by Crippen LogP contribution is 2.25. The molecule has 2 aromatic rings. The van der Waals surface area contributed by atoms with Crippen LogP contribution in [0.1, 0.15) is 24.2 Å². The molecule has 0 radical (unpaired) electrons. The van der Waals surface area contributed by atoms with Crippen LogP contribution in [0.4, 0.5) is 17.1 Å². The molecular weight excluding hydrogens is 366 g/mol. The number of hydrogen-bond donors (Lipinski definition) is 2. The number of hydrogen-bond acceptors (Lipinski definition) is 7. The van der Waals surface area contributed by atoms with E-state index in [0.717, 1.165) is 6.07 Å². The average molecular weight is 387 g/mol. The van der Waals surface area contributed by atoms with Crippen LogP contribution in [0.5, 0.6) is 5.75 Å². The maximum atomic E-state index is 12.4. The monoisotopic (exact) mass is 387 g/mol. The molecule has 1 amide bonds. The number of nitrogens with one attached hydrogen (secondary N) is 2. The minimum atomic E-state index is -1.13. The van der Waals surface area contributed by atoms with E-state index in [9.17, 15) is 19.7 Å². The average Bonchev–Trinajstić information content (AvgIpc) is 2.68. The summed E-state index contributed by atoms with van der Waals surface area (Å²) in [6, 6.07) is 10.6. The fourth-order valence-corrected chi connectivity index (χ4v) is 2.40. The predicted molar refractivity (Wildman–Crippen MR) is 104 cm³/mol. The zero-order valence-electron chi connectivity index (χ0n) is 15.7. The molecule has 28 heavy (non-hydrogen) atoms. The third-order valence-electron chi connectivity index (χ3n) is 3.80. The van der Waals surface area contributed by atoms with Gasteiger partial charge in [0.25, 0.3) is 11.6 Å². The zero-order chi connectivity index (χ0) is 20.7. The lowest BCUT2D eigenvalue weighted by atomic mass is 10.1. The molecule has 0 aliphatic carbocycles. The Morgan fingerprint density at radius 1 is 1.18 bits per heavy atom. The summed E-state index contributed by atoms with van der Waals surface area (Å²) in [7, 11) is 1.57. The van der Waals surface area contributed by atoms with Gasteiger partial charge in [-0.05, 0) is 32.0 Å². The number of nitro groups is 1. The third kappa shape index (κ3) is 4.97. The van der Waals surface area contributed by atoms with Gasteiger partial charge in [-0.25, -0.2) is 4.79 Å². The van der Waals surface area contributed by atoms with E-state index in [1.54, 1.807) is 31.3 Å². The number of para-hydroxylation sites is 2. The molecule has 148 valence electrons. The first-order chi connectivity index (χ1) is 13.4. The first-order valence-corrected chi connectivity index (χ1v) is 8.57. The molecule has 0 aliphatic heterocycles. The van der Waals surface area contributed by atoms with Crippen LogP contribution in [-0.4, -0.2) is 36.6 Å². The number of nitrogens with zero attached hydrogens (tertiary/aromatic N) is 1. The Hall–Kier alpha value is -3.62. The molecule has 1 atom stereocenters. The smallest absolute Gasteiger partial charge is 0.341 e. The zero-order valence-corrected chi connectivity index (χ0v) is 15.7. The van der Waals surface area contributed by atoms with Gasteiger partial charge in [0.2, 0.25) is 0 Å². The number of amides is 1. The molecule has 2 aromatic carbocycles. The molecule has 0 saturated carbocycles. The normalized spacial score (nSPS) is 11.2. The van der Waals surface area contributed by atoms with Crippen molar-refractivity contribution in [2.45, 2.75) is 20.0 Å². The van der Waals surface area contributed by atoms with Gasteiger partial charge >= 0.3 is 5.97 Å². The maximum Gasteiger partial charge on any atom is 0.341 e. The molecule has 0 heterocycles. The Morgan fingerprint density at radius 3 is 2.54 bits per heavy atom. The molecule has 0 bridgehead atoms. The van der Waals surface area contributed by atoms with Crippen molar-refractivity contribution in [2.75, 3.05) is 24.3 Å². The number of anilines is 2. The van der Waals surface area contributed by atoms with Gasteiger partial charge in [-0.2, -0.15) is 0 Å². The minimum Gasteiger partial charge on any atom is -0.492 e. The summed E-state index contributed by atoms with van der Waals surface area (Å²) >= 11 is 0. The Balaban J connectivity index is 2.13. The van der Waals surface area contributed by atoms with E-state index in [2.05, 4.69) is 10.6 Å². The van der Waals surface area contributed by atoms with E-state index in [1.807, 2.05) is 6.92 Å². The highest BCUT2D eigenvalue weighted by Gasteiger charge is 2.23. The number of ether oxygens (including phenoxy) is 2. The van der Waals surface area contributed by atoms with E-state index >= 15 is 0 Å². The van der Waals surface area contributed by atoms with Gasteiger partial charge in [0.15, 0.2) is 6.10 Å². The predicted octanol–water partition coefficient (Wildman–Crippen LogP) is 3.22. The summed E-state index contributed by atoms with van der Waals surface area (Å²) in [5.74, 6) is -0.918. The van der Waals surface area contributed by atoms with E-state index in [0.29, 0.717) is 23.7 Å². The second kappa shape index (κ2) is 9.36. The minimum absolute atomic E-state index is 0.0360. The number of nitro benzene ring substituents is 1. The first-order valence-electron chi connectivity index (χ1n) is 8.57. The van der Waals surface area contributed by atoms with Crippen molar-refractivity contribution >= 4 is 28.9 Å². The molecule has 0 aliphatic rings. The van der Waals surface area contributed by atoms with Crippen LogP contribution < -0.4 is 15.4 Å². The molecule has 2 N–H and O–H groups in total. The van der Waals surface area contributed by atoms with Crippen LogP contribution in [0.3, 0.4) is 0 Å². The second-order valence-corrected chi connectivity index (χ2v) is 5.70. The summed E-state index contributed by atoms with van der Waals surface area (Å²) in [5.41, 5.74) is 0.508. The fourth-order valence-electron chi connectivity index (χ4n) is 2.40. The summed E-state index contributed by atoms with van der Waals surface area (Å²) < 4.78 is 10.6. The molecule has 0 spiro atoms. The Morgan fingerprint density at radius 2 is 1.89 bits per heavy atom. The lowest BCUT2D eigenvalue weighted by Crippen LogP contribution is -2.30. The summed E-state index contributed by atoms with van der Waals surface area (Å²) in [4.78, 5) is 35.2. The van der Waals surface area contributed by atoms with Gasteiger partial charge < -0.3 is 20.1 Å². The number of carbonyl (C=O) groups excluding carboxylic acids is 2. The molecule has 2 rings (SSSR count). The molecule has 0 fully saturated rings. The van der Waals surface area contributed by atoms with E-state index < -0.39 is 22.9 Å². The van der Waals surface area contributed by atoms with Gasteiger partial charge in [0, 0.05) is 24.9 Å². The number of non-ortho nitro benzene ring substituents is 1. The highest BCUT2D eigenvalue weighted by atomic mass is 16.6. The third-order valence-corrected chi connectivity index (χ3v) is 3.80. The van der Waals surface area contributed by atoms with Crippen LogP contribution in [0, 0.1) is 10.1 Å². The van der Waals surface area contributed by atoms with E-state index in [1.165, 1.54) is 19.1 Å². The largest absolute Gasteiger partial charge is 0.492 e. The van der Waals surface area contributed by atoms with Crippen LogP contribution in [0.2, 0.25) is 0 Å². The number of carbonyl (C=O) groups is 2. The number of rotatable bonds is 8. The molecule has 9 heteroatoms. The van der Waals surface area contributed by atoms with Gasteiger partial charge in [0.1, 0.15) is 5.75 Å². The van der Waals surface area contributed by atoms with Gasteiger partial charge in [-0.1, -0.05) is 12.1 Å². The van der Waals surface area contributed by atoms with Gasteiger partial charge in [0.05, 0.1) is 22.8 Å². The topological polar surface area (TPSA) is 120 Å². The van der Waals surface area contributed by atoms with Crippen molar-refractivity contribution in [2.24, 2.45) is 0 Å². The van der Waals surface area contributed by atoms with Crippen molar-refractivity contribution in [3.63, 3.8) is 0 Å². The van der Waals surface area contributed by atoms with Crippen LogP contribution in [0.25, 0.3) is 0 Å². The number of benzene rings is 2. The van der Waals surface area contributed by atoms with Crippen molar-refractivity contribution in [1.29, 1.82) is 0 Å². The summed E-state index contributed by atoms with van der Waals surface area (Å²) in [6.07, 6.45) is -1.13. The Kier molecular flexibility index (Phi) is 6.91. The summed E-state index contributed by atoms with van der Waals surface area (Å²) in [5, 5.41) is 16.4. The second-order valence-electron chi connectivity index (χ2n) is 5.70. The molecule has 9 nitrogen and oxygen atoms in total. The SMILES string of the molecule is CCOc1ccccc1NC(=O)[C@H](C)OC(=O)c1cc([N+](=O)[O-])ccc1NC. The quantitative estimate of drug-likeness (QED) is 0.405. The Labute approximate surface area is 161 Å². The van der Waals surface area contributed by atoms with Gasteiger partial charge in [-0.15, -0.1) is 0 Å². The molecule has 0 aromatic heterocycles. The van der Waals surface area contributed by atoms with Crippen LogP contribution in [-0.2, 0) is 9.53 Å². The lowest BCUT2D eigenvalue weighted by Gasteiger charge is -2.16. The van der Waals surface area contributed by atoms with Gasteiger partial charge in [-0.3, -0.25) is 14.9 Å². The lowest BCUT2D eigenvalue weighted by molar-refractivity contribution is -0.384. The molecule has 0 saturated heterocycles. The highest BCUT2D eigenvalue weighted by molar-refractivity contribution is 6.00. The number of esters is 1. The van der Waals surface area contributed by atoms with Crippen molar-refractivity contribution in [3.8, 4) is 5.75 Å². The van der Waals surface area contributed by atoms with Crippen LogP contribution >= 0.6 is 0 Å². The summed E-state index contributed by atoms with van der Waals surface area (Å²) in [6.45, 7) is 3.66. The molecule has 0 unspecified atom stereocenters. The first kappa shape index (κ1) is 20.7. The van der Waals surface area contributed by atoms with Crippen molar-refractivity contribution in [3.05, 3.63) is 58.1 Å². The van der Waals surface area contributed by atoms with E-state index in [4.69, 9.17) is 9.47 Å². The maximum absolute atomic E-state index is 12.4. The van der Waals surface area contributed by atoms with Crippen molar-refractivity contribution < 1.29 is 24.0 Å².